The molecular formula is C20H30IN3O2S. The van der Waals surface area contributed by atoms with Crippen LogP contribution in [0.1, 0.15) is 28.8 Å². The van der Waals surface area contributed by atoms with Crippen LogP contribution in [0.15, 0.2) is 34.6 Å². The summed E-state index contributed by atoms with van der Waals surface area (Å²) in [5, 5.41) is 5.59. The maximum Gasteiger partial charge on any atom is 0.193 e. The molecule has 1 N–H and O–H groups in total. The molecule has 1 heterocycles. The number of nitrogens with zero attached hydrogens (tertiary/aromatic N) is 2. The van der Waals surface area contributed by atoms with E-state index in [0.29, 0.717) is 5.92 Å². The van der Waals surface area contributed by atoms with Gasteiger partial charge in [0, 0.05) is 38.0 Å². The third-order valence-electron chi connectivity index (χ3n) is 4.42. The van der Waals surface area contributed by atoms with Crippen molar-refractivity contribution in [3.8, 4) is 11.5 Å². The van der Waals surface area contributed by atoms with E-state index in [1.54, 1.807) is 25.6 Å². The average molecular weight is 503 g/mol. The lowest BCUT2D eigenvalue weighted by molar-refractivity contribution is 0.353. The van der Waals surface area contributed by atoms with E-state index < -0.39 is 0 Å². The number of rotatable bonds is 7. The molecule has 0 fully saturated rings. The van der Waals surface area contributed by atoms with Gasteiger partial charge in [0.2, 0.25) is 0 Å². The number of benzene rings is 1. The average Bonchev–Trinajstić information content (AvgIpc) is 3.18. The second-order valence-electron chi connectivity index (χ2n) is 6.33. The summed E-state index contributed by atoms with van der Waals surface area (Å²) in [6.07, 6.45) is 0. The van der Waals surface area contributed by atoms with Crippen LogP contribution in [0, 0.1) is 6.92 Å². The van der Waals surface area contributed by atoms with Crippen molar-refractivity contribution in [3.63, 3.8) is 0 Å². The van der Waals surface area contributed by atoms with Crippen molar-refractivity contribution in [1.29, 1.82) is 0 Å². The van der Waals surface area contributed by atoms with Gasteiger partial charge in [-0.25, -0.2) is 0 Å². The van der Waals surface area contributed by atoms with Crippen LogP contribution in [-0.2, 0) is 6.54 Å². The van der Waals surface area contributed by atoms with E-state index in [1.807, 2.05) is 26.2 Å². The molecule has 2 rings (SSSR count). The van der Waals surface area contributed by atoms with Crippen molar-refractivity contribution in [3.05, 3.63) is 45.6 Å². The van der Waals surface area contributed by atoms with E-state index in [-0.39, 0.29) is 24.0 Å². The Balaban J connectivity index is 0.00000364. The number of hydrogen-bond acceptors (Lipinski definition) is 4. The number of ether oxygens (including phenoxy) is 2. The predicted octanol–water partition coefficient (Wildman–Crippen LogP) is 4.50. The van der Waals surface area contributed by atoms with Gasteiger partial charge in [-0.1, -0.05) is 13.0 Å². The minimum atomic E-state index is 0. The topological polar surface area (TPSA) is 46.1 Å². The molecule has 0 bridgehead atoms. The number of guanidine groups is 1. The van der Waals surface area contributed by atoms with Gasteiger partial charge in [0.05, 0.1) is 14.2 Å². The third kappa shape index (κ3) is 6.27. The lowest BCUT2D eigenvalue weighted by Crippen LogP contribution is -2.40. The number of aryl methyl sites for hydroxylation is 1. The lowest BCUT2D eigenvalue weighted by Gasteiger charge is -2.24. The molecule has 2 aromatic rings. The number of methoxy groups -OCH3 is 2. The molecule has 0 spiro atoms. The molecule has 7 heteroatoms. The highest BCUT2D eigenvalue weighted by molar-refractivity contribution is 14.0. The molecular weight excluding hydrogens is 473 g/mol. The van der Waals surface area contributed by atoms with Gasteiger partial charge in [0.25, 0.3) is 0 Å². The second-order valence-corrected chi connectivity index (χ2v) is 7.31. The summed E-state index contributed by atoms with van der Waals surface area (Å²) >= 11 is 1.79. The highest BCUT2D eigenvalue weighted by Crippen LogP contribution is 2.30. The fourth-order valence-electron chi connectivity index (χ4n) is 2.82. The van der Waals surface area contributed by atoms with E-state index in [4.69, 9.17) is 9.47 Å². The number of hydrogen-bond donors (Lipinski definition) is 1. The molecule has 0 aliphatic carbocycles. The van der Waals surface area contributed by atoms with Gasteiger partial charge in [0.1, 0.15) is 0 Å². The van der Waals surface area contributed by atoms with Gasteiger partial charge in [-0.15, -0.1) is 35.3 Å². The van der Waals surface area contributed by atoms with Crippen molar-refractivity contribution < 1.29 is 9.47 Å². The van der Waals surface area contributed by atoms with Crippen molar-refractivity contribution in [1.82, 2.24) is 10.2 Å². The van der Waals surface area contributed by atoms with Crippen LogP contribution in [0.3, 0.4) is 0 Å². The van der Waals surface area contributed by atoms with E-state index in [0.717, 1.165) is 36.1 Å². The summed E-state index contributed by atoms with van der Waals surface area (Å²) in [6, 6.07) is 8.32. The molecule has 0 saturated carbocycles. The van der Waals surface area contributed by atoms with Crippen molar-refractivity contribution in [2.75, 3.05) is 34.9 Å². The molecule has 0 saturated heterocycles. The van der Waals surface area contributed by atoms with Gasteiger partial charge in [0.15, 0.2) is 17.5 Å². The fraction of sp³-hybridized carbons (Fsp3) is 0.450. The van der Waals surface area contributed by atoms with Crippen LogP contribution in [-0.4, -0.2) is 45.7 Å². The van der Waals surface area contributed by atoms with Crippen molar-refractivity contribution in [2.24, 2.45) is 4.99 Å². The van der Waals surface area contributed by atoms with Gasteiger partial charge in [-0.05, 0) is 41.6 Å². The maximum atomic E-state index is 5.43. The van der Waals surface area contributed by atoms with Crippen molar-refractivity contribution >= 4 is 41.3 Å². The molecule has 27 heavy (non-hydrogen) atoms. The highest BCUT2D eigenvalue weighted by Gasteiger charge is 2.14. The quantitative estimate of drug-likeness (QED) is 0.344. The molecule has 1 aromatic heterocycles. The summed E-state index contributed by atoms with van der Waals surface area (Å²) in [7, 11) is 7.17. The van der Waals surface area contributed by atoms with Crippen LogP contribution < -0.4 is 14.8 Å². The molecule has 1 aromatic carbocycles. The first-order valence-electron chi connectivity index (χ1n) is 8.66. The predicted molar refractivity (Wildman–Crippen MR) is 125 cm³/mol. The maximum absolute atomic E-state index is 5.43. The Morgan fingerprint density at radius 1 is 1.26 bits per heavy atom. The Morgan fingerprint density at radius 2 is 1.93 bits per heavy atom. The number of aliphatic imine (C=N–C) groups is 1. The van der Waals surface area contributed by atoms with Crippen LogP contribution in [0.5, 0.6) is 11.5 Å². The lowest BCUT2D eigenvalue weighted by atomic mass is 10.1. The molecule has 5 nitrogen and oxygen atoms in total. The van der Waals surface area contributed by atoms with Crippen LogP contribution in [0.4, 0.5) is 0 Å². The Labute approximate surface area is 183 Å². The third-order valence-corrected chi connectivity index (χ3v) is 5.52. The zero-order valence-corrected chi connectivity index (χ0v) is 20.1. The smallest absolute Gasteiger partial charge is 0.193 e. The van der Waals surface area contributed by atoms with Crippen LogP contribution in [0.2, 0.25) is 0 Å². The molecule has 150 valence electrons. The SMILES string of the molecule is CN=C(NCC(C)c1cccs1)N(C)Cc1cc(OC)c(OC)cc1C.I. The van der Waals surface area contributed by atoms with E-state index in [1.165, 1.54) is 10.4 Å². The Kier molecular flexibility index (Phi) is 9.93. The van der Waals surface area contributed by atoms with E-state index >= 15 is 0 Å². The zero-order valence-electron chi connectivity index (χ0n) is 16.9. The van der Waals surface area contributed by atoms with E-state index in [2.05, 4.69) is 46.6 Å². The minimum Gasteiger partial charge on any atom is -0.493 e. The second kappa shape index (κ2) is 11.4. The van der Waals surface area contributed by atoms with Gasteiger partial charge in [-0.2, -0.15) is 0 Å². The van der Waals surface area contributed by atoms with Gasteiger partial charge >= 0.3 is 0 Å². The molecule has 0 radical (unpaired) electrons. The van der Waals surface area contributed by atoms with Gasteiger partial charge < -0.3 is 19.7 Å². The normalized spacial score (nSPS) is 12.1. The monoisotopic (exact) mass is 503 g/mol. The first-order valence-corrected chi connectivity index (χ1v) is 9.54. The summed E-state index contributed by atoms with van der Waals surface area (Å²) in [5.74, 6) is 2.82. The van der Waals surface area contributed by atoms with E-state index in [9.17, 15) is 0 Å². The fourth-order valence-corrected chi connectivity index (χ4v) is 3.61. The summed E-state index contributed by atoms with van der Waals surface area (Å²) in [6.45, 7) is 5.90. The van der Waals surface area contributed by atoms with Gasteiger partial charge in [-0.3, -0.25) is 4.99 Å². The summed E-state index contributed by atoms with van der Waals surface area (Å²) < 4.78 is 10.8. The Morgan fingerprint density at radius 3 is 2.48 bits per heavy atom. The zero-order chi connectivity index (χ0) is 19.1. The summed E-state index contributed by atoms with van der Waals surface area (Å²) in [5.41, 5.74) is 2.34. The first kappa shape index (κ1) is 23.6. The minimum absolute atomic E-state index is 0. The highest BCUT2D eigenvalue weighted by atomic mass is 127. The Bertz CT molecular complexity index is 735. The molecule has 0 amide bonds. The molecule has 1 atom stereocenters. The Hall–Kier alpha value is -1.48. The number of nitrogens with one attached hydrogen (secondary N) is 1. The number of halogens is 1. The summed E-state index contributed by atoms with van der Waals surface area (Å²) in [4.78, 5) is 7.92. The van der Waals surface area contributed by atoms with Crippen LogP contribution in [0.25, 0.3) is 0 Å². The first-order chi connectivity index (χ1) is 12.5. The molecule has 0 aliphatic rings. The largest absolute Gasteiger partial charge is 0.493 e. The standard InChI is InChI=1S/C20H29N3O2S.HI/c1-14-10-17(24-5)18(25-6)11-16(14)13-23(4)20(21-3)22-12-15(2)19-8-7-9-26-19;/h7-11,15H,12-13H2,1-6H3,(H,21,22);1H. The van der Waals surface area contributed by atoms with Crippen molar-refractivity contribution in [2.45, 2.75) is 26.3 Å². The molecule has 1 unspecified atom stereocenters. The van der Waals surface area contributed by atoms with Crippen LogP contribution >= 0.6 is 35.3 Å². The molecule has 0 aliphatic heterocycles. The number of thiophene rings is 1.